The molecule has 0 aromatic rings. The molecule has 0 radical (unpaired) electrons. The lowest BCUT2D eigenvalue weighted by Crippen LogP contribution is -2.57. The number of amidine groups is 2. The Morgan fingerprint density at radius 3 is 1.65 bits per heavy atom. The van der Waals surface area contributed by atoms with Crippen LogP contribution >= 0.6 is 0 Å². The van der Waals surface area contributed by atoms with Gasteiger partial charge in [0, 0.05) is 37.0 Å². The van der Waals surface area contributed by atoms with E-state index in [2.05, 4.69) is 46.7 Å². The van der Waals surface area contributed by atoms with Gasteiger partial charge >= 0.3 is 0 Å². The van der Waals surface area contributed by atoms with E-state index < -0.39 is 41.8 Å². The molecule has 2 amide bonds. The molecule has 0 saturated carbocycles. The van der Waals surface area contributed by atoms with Gasteiger partial charge in [0.2, 0.25) is 0 Å². The topological polar surface area (TPSA) is 228 Å². The van der Waals surface area contributed by atoms with E-state index in [9.17, 15) is 30.0 Å². The molecule has 0 spiro atoms. The van der Waals surface area contributed by atoms with Crippen molar-refractivity contribution in [2.45, 2.75) is 122 Å². The van der Waals surface area contributed by atoms with Gasteiger partial charge in [-0.25, -0.2) is 0 Å². The zero-order valence-corrected chi connectivity index (χ0v) is 25.2. The van der Waals surface area contributed by atoms with Gasteiger partial charge in [-0.2, -0.15) is 0 Å². The fourth-order valence-electron chi connectivity index (χ4n) is 3.42. The summed E-state index contributed by atoms with van der Waals surface area (Å²) in [5.41, 5.74) is 11.3. The summed E-state index contributed by atoms with van der Waals surface area (Å²) in [4.78, 5) is 32.8. The maximum atomic E-state index is 12.1. The zero-order valence-electron chi connectivity index (χ0n) is 25.2. The Morgan fingerprint density at radius 2 is 1.20 bits per heavy atom. The Labute approximate surface area is 239 Å². The standard InChI is InChI=1S/C27H55N7O6/c1-7-27(5,6)34-25(40)23(38)21(36)20(35)22(37)24(39)32-15-14-30-18(28)12-10-8-9-11-13-19(29)31-16-17-33-26(2,3)4/h20-23,33,35-38H,7-17H2,1-6H3,(H2,28,30)(H2,29,31)(H,32,39)(H,34,40). The number of carbonyl (C=O) groups is 2. The molecule has 234 valence electrons. The van der Waals surface area contributed by atoms with Crippen molar-refractivity contribution in [3.8, 4) is 0 Å². The van der Waals surface area contributed by atoms with Crippen molar-refractivity contribution in [3.05, 3.63) is 0 Å². The molecule has 0 heterocycles. The van der Waals surface area contributed by atoms with Gasteiger partial charge in [0.1, 0.15) is 12.2 Å². The summed E-state index contributed by atoms with van der Waals surface area (Å²) in [6.07, 6.45) is -2.52. The van der Waals surface area contributed by atoms with E-state index in [1.807, 2.05) is 6.92 Å². The number of nitrogens with two attached hydrogens (primary N) is 2. The summed E-state index contributed by atoms with van der Waals surface area (Å²) in [5.74, 6) is -0.783. The van der Waals surface area contributed by atoms with Gasteiger partial charge in [-0.05, 0) is 53.9 Å². The SMILES string of the molecule is CCC(C)(C)NC(=O)C(O)C(O)C(O)C(O)C(=O)NCCN=C(N)CCCCCCC(N)=NCCNC(C)(C)C. The van der Waals surface area contributed by atoms with Crippen molar-refractivity contribution in [3.63, 3.8) is 0 Å². The average molecular weight is 574 g/mol. The number of unbranched alkanes of at least 4 members (excludes halogenated alkanes) is 3. The van der Waals surface area contributed by atoms with Gasteiger partial charge in [0.15, 0.2) is 12.2 Å². The molecule has 0 aromatic heterocycles. The highest BCUT2D eigenvalue weighted by atomic mass is 16.4. The first-order chi connectivity index (χ1) is 18.5. The number of hydrogen-bond acceptors (Lipinski definition) is 9. The second-order valence-electron chi connectivity index (χ2n) is 11.7. The van der Waals surface area contributed by atoms with Gasteiger partial charge in [-0.3, -0.25) is 19.6 Å². The normalized spacial score (nSPS) is 16.2. The molecule has 11 N–H and O–H groups in total. The first-order valence-electron chi connectivity index (χ1n) is 14.2. The van der Waals surface area contributed by atoms with Crippen LogP contribution in [0.25, 0.3) is 0 Å². The Hall–Kier alpha value is -2.32. The van der Waals surface area contributed by atoms with Crippen LogP contribution in [0.5, 0.6) is 0 Å². The largest absolute Gasteiger partial charge is 0.387 e. The van der Waals surface area contributed by atoms with Crippen molar-refractivity contribution >= 4 is 23.5 Å². The van der Waals surface area contributed by atoms with Crippen LogP contribution in [0, 0.1) is 0 Å². The number of aliphatic imine (C=N–C) groups is 2. The predicted octanol–water partition coefficient (Wildman–Crippen LogP) is -0.706. The molecule has 0 aromatic carbocycles. The average Bonchev–Trinajstić information content (AvgIpc) is 2.88. The van der Waals surface area contributed by atoms with Gasteiger partial charge in [0.05, 0.1) is 24.8 Å². The minimum atomic E-state index is -2.08. The molecule has 4 unspecified atom stereocenters. The van der Waals surface area contributed by atoms with Crippen LogP contribution < -0.4 is 27.4 Å². The number of hydrogen-bond donors (Lipinski definition) is 9. The fourth-order valence-corrected chi connectivity index (χ4v) is 3.42. The first-order valence-corrected chi connectivity index (χ1v) is 14.2. The summed E-state index contributed by atoms with van der Waals surface area (Å²) >= 11 is 0. The Bertz CT molecular complexity index is 814. The summed E-state index contributed by atoms with van der Waals surface area (Å²) in [5, 5.41) is 48.5. The lowest BCUT2D eigenvalue weighted by Gasteiger charge is -2.29. The van der Waals surface area contributed by atoms with Gasteiger partial charge < -0.3 is 47.8 Å². The van der Waals surface area contributed by atoms with Crippen molar-refractivity contribution in [1.29, 1.82) is 0 Å². The van der Waals surface area contributed by atoms with E-state index in [4.69, 9.17) is 11.5 Å². The highest BCUT2D eigenvalue weighted by molar-refractivity contribution is 5.83. The maximum absolute atomic E-state index is 12.1. The van der Waals surface area contributed by atoms with E-state index in [0.29, 0.717) is 31.1 Å². The first kappa shape index (κ1) is 37.7. The highest BCUT2D eigenvalue weighted by Gasteiger charge is 2.38. The van der Waals surface area contributed by atoms with Crippen LogP contribution in [-0.4, -0.2) is 106 Å². The summed E-state index contributed by atoms with van der Waals surface area (Å²) in [6, 6.07) is 0. The van der Waals surface area contributed by atoms with Crippen molar-refractivity contribution < 1.29 is 30.0 Å². The molecule has 13 heteroatoms. The predicted molar refractivity (Wildman–Crippen MR) is 158 cm³/mol. The lowest BCUT2D eigenvalue weighted by atomic mass is 9.98. The molecule has 0 saturated heterocycles. The third kappa shape index (κ3) is 17.4. The Balaban J connectivity index is 4.20. The molecule has 0 aliphatic heterocycles. The van der Waals surface area contributed by atoms with Gasteiger partial charge in [-0.15, -0.1) is 0 Å². The number of rotatable bonds is 20. The molecule has 0 rings (SSSR count). The van der Waals surface area contributed by atoms with Crippen LogP contribution in [-0.2, 0) is 9.59 Å². The molecule has 4 atom stereocenters. The van der Waals surface area contributed by atoms with Crippen LogP contribution in [0.1, 0.15) is 86.5 Å². The van der Waals surface area contributed by atoms with E-state index in [1.54, 1.807) is 13.8 Å². The van der Waals surface area contributed by atoms with Crippen LogP contribution in [0.3, 0.4) is 0 Å². The van der Waals surface area contributed by atoms with Crippen molar-refractivity contribution in [2.24, 2.45) is 21.5 Å². The van der Waals surface area contributed by atoms with E-state index in [1.165, 1.54) is 0 Å². The van der Waals surface area contributed by atoms with Crippen molar-refractivity contribution in [2.75, 3.05) is 26.2 Å². The number of nitrogens with zero attached hydrogens (tertiary/aromatic N) is 2. The zero-order chi connectivity index (χ0) is 30.9. The number of nitrogens with one attached hydrogen (secondary N) is 3. The monoisotopic (exact) mass is 573 g/mol. The number of aliphatic hydroxyl groups is 4. The second-order valence-corrected chi connectivity index (χ2v) is 11.7. The summed E-state index contributed by atoms with van der Waals surface area (Å²) < 4.78 is 0. The van der Waals surface area contributed by atoms with Gasteiger partial charge in [0.25, 0.3) is 11.8 Å². The molecule has 0 aliphatic rings. The summed E-state index contributed by atoms with van der Waals surface area (Å²) in [6.45, 7) is 13.3. The molecule has 0 aliphatic carbocycles. The maximum Gasteiger partial charge on any atom is 0.252 e. The van der Waals surface area contributed by atoms with E-state index >= 15 is 0 Å². The van der Waals surface area contributed by atoms with E-state index in [-0.39, 0.29) is 18.6 Å². The van der Waals surface area contributed by atoms with E-state index in [0.717, 1.165) is 38.6 Å². The molecule has 40 heavy (non-hydrogen) atoms. The minimum absolute atomic E-state index is 0.0387. The number of carbonyl (C=O) groups excluding carboxylic acids is 2. The lowest BCUT2D eigenvalue weighted by molar-refractivity contribution is -0.156. The second kappa shape index (κ2) is 18.9. The van der Waals surface area contributed by atoms with Crippen LogP contribution in [0.2, 0.25) is 0 Å². The third-order valence-corrected chi connectivity index (χ3v) is 6.30. The summed E-state index contributed by atoms with van der Waals surface area (Å²) in [7, 11) is 0. The van der Waals surface area contributed by atoms with Crippen LogP contribution in [0.4, 0.5) is 0 Å². The quantitative estimate of drug-likeness (QED) is 0.0508. The fraction of sp³-hybridized carbons (Fsp3) is 0.852. The molecular weight excluding hydrogens is 518 g/mol. The highest BCUT2D eigenvalue weighted by Crippen LogP contribution is 2.11. The molecule has 0 bridgehead atoms. The van der Waals surface area contributed by atoms with Crippen molar-refractivity contribution in [1.82, 2.24) is 16.0 Å². The molecule has 13 nitrogen and oxygen atoms in total. The smallest absolute Gasteiger partial charge is 0.252 e. The molecular formula is C27H55N7O6. The number of aliphatic hydroxyl groups excluding tert-OH is 4. The Kier molecular flexibility index (Phi) is 17.8. The molecule has 0 fully saturated rings. The third-order valence-electron chi connectivity index (χ3n) is 6.30. The van der Waals surface area contributed by atoms with Gasteiger partial charge in [-0.1, -0.05) is 19.8 Å². The Morgan fingerprint density at radius 1 is 0.750 bits per heavy atom. The number of amides is 2. The minimum Gasteiger partial charge on any atom is -0.387 e. The van der Waals surface area contributed by atoms with Crippen LogP contribution in [0.15, 0.2) is 9.98 Å².